The standard InChI is InChI=1S/C17H14F2N2O4S/c1-2-25-17(24)15(21-20-13-8-7-10(18)9-12(13)19)26-14-6-4-3-5-11(14)16(22)23/h3-9,20H,2H2,1H3,(H,22,23)/b21-15+. The van der Waals surface area contributed by atoms with E-state index in [1.165, 1.54) is 12.1 Å². The SMILES string of the molecule is CCOC(=O)/C(=N\Nc1ccc(F)cc1F)Sc1ccccc1C(=O)O. The minimum absolute atomic E-state index is 0.0255. The first-order valence-corrected chi connectivity index (χ1v) is 8.20. The number of benzene rings is 2. The van der Waals surface area contributed by atoms with Crippen molar-refractivity contribution in [3.63, 3.8) is 0 Å². The predicted molar refractivity (Wildman–Crippen MR) is 93.3 cm³/mol. The van der Waals surface area contributed by atoms with E-state index in [0.717, 1.165) is 23.9 Å². The van der Waals surface area contributed by atoms with Crippen molar-refractivity contribution < 1.29 is 28.2 Å². The number of aromatic carboxylic acids is 1. The van der Waals surface area contributed by atoms with E-state index >= 15 is 0 Å². The molecule has 0 saturated carbocycles. The number of nitrogens with zero attached hydrogens (tertiary/aromatic N) is 1. The zero-order valence-corrected chi connectivity index (χ0v) is 14.3. The van der Waals surface area contributed by atoms with Crippen molar-refractivity contribution in [2.45, 2.75) is 11.8 Å². The first-order chi connectivity index (χ1) is 12.4. The number of nitrogens with one attached hydrogen (secondary N) is 1. The van der Waals surface area contributed by atoms with Crippen molar-refractivity contribution in [2.75, 3.05) is 12.0 Å². The van der Waals surface area contributed by atoms with Gasteiger partial charge < -0.3 is 9.84 Å². The van der Waals surface area contributed by atoms with Gasteiger partial charge in [0.05, 0.1) is 17.9 Å². The second-order valence-electron chi connectivity index (χ2n) is 4.78. The largest absolute Gasteiger partial charge is 0.478 e. The number of anilines is 1. The summed E-state index contributed by atoms with van der Waals surface area (Å²) in [5.41, 5.74) is 2.15. The molecule has 0 aliphatic heterocycles. The lowest BCUT2D eigenvalue weighted by Gasteiger charge is -2.09. The lowest BCUT2D eigenvalue weighted by molar-refractivity contribution is -0.134. The van der Waals surface area contributed by atoms with Crippen LogP contribution in [0.3, 0.4) is 0 Å². The van der Waals surface area contributed by atoms with Crippen LogP contribution in [0.4, 0.5) is 14.5 Å². The molecule has 0 saturated heterocycles. The number of rotatable bonds is 5. The van der Waals surface area contributed by atoms with E-state index in [-0.39, 0.29) is 27.8 Å². The van der Waals surface area contributed by atoms with Gasteiger partial charge in [0, 0.05) is 11.0 Å². The van der Waals surface area contributed by atoms with Crippen LogP contribution in [0.15, 0.2) is 52.5 Å². The summed E-state index contributed by atoms with van der Waals surface area (Å²) in [6.45, 7) is 1.67. The summed E-state index contributed by atoms with van der Waals surface area (Å²) < 4.78 is 31.5. The predicted octanol–water partition coefficient (Wildman–Crippen LogP) is 3.74. The third kappa shape index (κ3) is 5.03. The van der Waals surface area contributed by atoms with Crippen LogP contribution in [0.1, 0.15) is 17.3 Å². The maximum absolute atomic E-state index is 13.7. The maximum atomic E-state index is 13.7. The number of ether oxygens (including phenoxy) is 1. The van der Waals surface area contributed by atoms with E-state index in [1.54, 1.807) is 19.1 Å². The van der Waals surface area contributed by atoms with Crippen LogP contribution in [0.2, 0.25) is 0 Å². The molecule has 0 aliphatic rings. The molecule has 2 rings (SSSR count). The Hall–Kier alpha value is -2.94. The Bertz CT molecular complexity index is 858. The highest BCUT2D eigenvalue weighted by Crippen LogP contribution is 2.25. The lowest BCUT2D eigenvalue weighted by Crippen LogP contribution is -2.16. The molecule has 0 unspecified atom stereocenters. The first kappa shape index (κ1) is 19.4. The molecule has 136 valence electrons. The number of carboxylic acids is 1. The van der Waals surface area contributed by atoms with Crippen LogP contribution in [-0.4, -0.2) is 28.7 Å². The second-order valence-corrected chi connectivity index (χ2v) is 5.81. The molecular formula is C17H14F2N2O4S. The van der Waals surface area contributed by atoms with Crippen molar-refractivity contribution in [1.29, 1.82) is 0 Å². The number of hydrogen-bond acceptors (Lipinski definition) is 6. The number of hydrogen-bond donors (Lipinski definition) is 2. The summed E-state index contributed by atoms with van der Waals surface area (Å²) in [4.78, 5) is 23.6. The van der Waals surface area contributed by atoms with E-state index in [2.05, 4.69) is 10.5 Å². The van der Waals surface area contributed by atoms with E-state index in [0.29, 0.717) is 6.07 Å². The monoisotopic (exact) mass is 380 g/mol. The average molecular weight is 380 g/mol. The number of esters is 1. The summed E-state index contributed by atoms with van der Waals surface area (Å²) >= 11 is 0.756. The number of halogens is 2. The van der Waals surface area contributed by atoms with Crippen LogP contribution < -0.4 is 5.43 Å². The molecule has 2 N–H and O–H groups in total. The zero-order chi connectivity index (χ0) is 19.1. The molecule has 6 nitrogen and oxygen atoms in total. The van der Waals surface area contributed by atoms with Gasteiger partial charge in [-0.2, -0.15) is 5.10 Å². The van der Waals surface area contributed by atoms with Crippen LogP contribution in [0.5, 0.6) is 0 Å². The summed E-state index contributed by atoms with van der Waals surface area (Å²) in [5, 5.41) is 12.8. The molecule has 0 aromatic heterocycles. The molecule has 0 bridgehead atoms. The molecule has 0 fully saturated rings. The highest BCUT2D eigenvalue weighted by atomic mass is 32.2. The van der Waals surface area contributed by atoms with Gasteiger partial charge in [-0.05, 0) is 31.2 Å². The van der Waals surface area contributed by atoms with Crippen molar-refractivity contribution in [1.82, 2.24) is 0 Å². The van der Waals surface area contributed by atoms with Gasteiger partial charge in [-0.25, -0.2) is 18.4 Å². The van der Waals surface area contributed by atoms with Gasteiger partial charge in [0.1, 0.15) is 5.82 Å². The van der Waals surface area contributed by atoms with Crippen LogP contribution >= 0.6 is 11.8 Å². The smallest absolute Gasteiger partial charge is 0.365 e. The Morgan fingerprint density at radius 2 is 1.96 bits per heavy atom. The summed E-state index contributed by atoms with van der Waals surface area (Å²) in [5.74, 6) is -3.64. The van der Waals surface area contributed by atoms with Crippen molar-refractivity contribution in [2.24, 2.45) is 5.10 Å². The molecule has 0 radical (unpaired) electrons. The van der Waals surface area contributed by atoms with Crippen molar-refractivity contribution >= 4 is 34.4 Å². The Morgan fingerprint density at radius 1 is 1.23 bits per heavy atom. The Kier molecular flexibility index (Phi) is 6.67. The topological polar surface area (TPSA) is 88.0 Å². The van der Waals surface area contributed by atoms with E-state index in [1.807, 2.05) is 0 Å². The van der Waals surface area contributed by atoms with Gasteiger partial charge in [-0.1, -0.05) is 23.9 Å². The van der Waals surface area contributed by atoms with Crippen LogP contribution in [0, 0.1) is 11.6 Å². The average Bonchev–Trinajstić information content (AvgIpc) is 2.60. The molecule has 26 heavy (non-hydrogen) atoms. The number of carbonyl (C=O) groups excluding carboxylic acids is 1. The zero-order valence-electron chi connectivity index (χ0n) is 13.5. The number of thioether (sulfide) groups is 1. The fraction of sp³-hybridized carbons (Fsp3) is 0.118. The molecule has 0 atom stereocenters. The number of carbonyl (C=O) groups is 2. The van der Waals surface area contributed by atoms with Crippen LogP contribution in [0.25, 0.3) is 0 Å². The van der Waals surface area contributed by atoms with Gasteiger partial charge in [0.25, 0.3) is 0 Å². The fourth-order valence-electron chi connectivity index (χ4n) is 1.83. The van der Waals surface area contributed by atoms with Crippen molar-refractivity contribution in [3.05, 3.63) is 59.7 Å². The minimum Gasteiger partial charge on any atom is -0.478 e. The van der Waals surface area contributed by atoms with Gasteiger partial charge in [0.2, 0.25) is 5.04 Å². The quantitative estimate of drug-likeness (QED) is 0.270. The summed E-state index contributed by atoms with van der Waals surface area (Å²) in [6, 6.07) is 8.83. The molecule has 0 aliphatic carbocycles. The third-order valence-electron chi connectivity index (χ3n) is 2.98. The highest BCUT2D eigenvalue weighted by molar-refractivity contribution is 8.15. The highest BCUT2D eigenvalue weighted by Gasteiger charge is 2.19. The van der Waals surface area contributed by atoms with E-state index in [4.69, 9.17) is 4.74 Å². The van der Waals surface area contributed by atoms with E-state index in [9.17, 15) is 23.5 Å². The summed E-state index contributed by atoms with van der Waals surface area (Å²) in [7, 11) is 0. The molecule has 2 aromatic rings. The number of hydrazone groups is 1. The Balaban J connectivity index is 2.32. The number of carboxylic acid groups (broad SMARTS) is 1. The molecule has 2 aromatic carbocycles. The molecule has 0 spiro atoms. The first-order valence-electron chi connectivity index (χ1n) is 7.38. The van der Waals surface area contributed by atoms with Gasteiger partial charge in [-0.15, -0.1) is 0 Å². The molecule has 9 heteroatoms. The molecule has 0 amide bonds. The normalized spacial score (nSPS) is 11.1. The minimum atomic E-state index is -1.17. The van der Waals surface area contributed by atoms with Gasteiger partial charge in [-0.3, -0.25) is 5.43 Å². The third-order valence-corrected chi connectivity index (χ3v) is 4.01. The Labute approximate surface area is 151 Å². The molecule has 0 heterocycles. The maximum Gasteiger partial charge on any atom is 0.365 e. The van der Waals surface area contributed by atoms with Gasteiger partial charge >= 0.3 is 11.9 Å². The summed E-state index contributed by atoms with van der Waals surface area (Å²) in [6.07, 6.45) is 0. The fourth-order valence-corrected chi connectivity index (χ4v) is 2.68. The second kappa shape index (κ2) is 8.95. The van der Waals surface area contributed by atoms with Crippen molar-refractivity contribution in [3.8, 4) is 0 Å². The van der Waals surface area contributed by atoms with E-state index < -0.39 is 23.6 Å². The van der Waals surface area contributed by atoms with Crippen LogP contribution in [-0.2, 0) is 9.53 Å². The molecular weight excluding hydrogens is 366 g/mol. The Morgan fingerprint density at radius 3 is 2.62 bits per heavy atom. The van der Waals surface area contributed by atoms with Gasteiger partial charge in [0.15, 0.2) is 5.82 Å². The lowest BCUT2D eigenvalue weighted by atomic mass is 10.2.